The molecule has 0 aromatic heterocycles. The SMILES string of the molecule is C=C(C)C(=O)Oc1ccc(-c2ccc(OC(=O)C(=C)C)cc2)cc1.CCCC1CCC(C2CCC(c3ccc(OCC)c(F)c3F)CC2)CC1.CCOc1ccc(-c2ccc(-c3ccc(CC)cc3)cc2)c(F)c1F.CCOc1ccc(-c2ccc(C3CCC(CC)CC3)cc2)c(F)c1F. The Balaban J connectivity index is 0.000000170. The van der Waals surface area contributed by atoms with Crippen LogP contribution in [0.25, 0.3) is 44.5 Å². The van der Waals surface area contributed by atoms with Gasteiger partial charge in [0, 0.05) is 22.3 Å². The average molecular weight is 1370 g/mol. The smallest absolute Gasteiger partial charge is 0.338 e. The maximum atomic E-state index is 14.5. The summed E-state index contributed by atoms with van der Waals surface area (Å²) < 4.78 is 111. The molecule has 3 aliphatic rings. The number of ether oxygens (including phenoxy) is 5. The fourth-order valence-corrected chi connectivity index (χ4v) is 13.9. The second-order valence-electron chi connectivity index (χ2n) is 26.5. The van der Waals surface area contributed by atoms with Gasteiger partial charge in [0.25, 0.3) is 0 Å². The van der Waals surface area contributed by atoms with E-state index in [-0.39, 0.29) is 34.3 Å². The fraction of sp³-hybridized carbons (Fsp3) is 0.379. The van der Waals surface area contributed by atoms with E-state index in [1.165, 1.54) is 107 Å². The first-order valence-electron chi connectivity index (χ1n) is 35.9. The molecular weight excluding hydrogens is 1270 g/mol. The highest BCUT2D eigenvalue weighted by atomic mass is 19.2. The van der Waals surface area contributed by atoms with Gasteiger partial charge >= 0.3 is 11.9 Å². The molecule has 13 heteroatoms. The molecule has 0 saturated heterocycles. The Hall–Kier alpha value is -8.84. The first kappa shape index (κ1) is 76.9. The highest BCUT2D eigenvalue weighted by molar-refractivity contribution is 5.89. The van der Waals surface area contributed by atoms with Crippen molar-refractivity contribution in [3.8, 4) is 73.3 Å². The van der Waals surface area contributed by atoms with Crippen LogP contribution >= 0.6 is 0 Å². The predicted molar refractivity (Wildman–Crippen MR) is 391 cm³/mol. The monoisotopic (exact) mass is 1370 g/mol. The molecule has 0 unspecified atom stereocenters. The molecule has 530 valence electrons. The Bertz CT molecular complexity index is 3870. The summed E-state index contributed by atoms with van der Waals surface area (Å²) in [6, 6.07) is 47.4. The van der Waals surface area contributed by atoms with Crippen LogP contribution in [0.15, 0.2) is 182 Å². The Morgan fingerprint density at radius 3 is 1.12 bits per heavy atom. The normalized spacial score (nSPS) is 17.9. The summed E-state index contributed by atoms with van der Waals surface area (Å²) in [5.74, 6) is -0.911. The molecule has 0 N–H and O–H groups in total. The third kappa shape index (κ3) is 20.9. The van der Waals surface area contributed by atoms with E-state index < -0.39 is 46.8 Å². The highest BCUT2D eigenvalue weighted by Crippen LogP contribution is 2.46. The number of carbonyl (C=O) groups excluding carboxylic acids is 2. The number of rotatable bonds is 21. The third-order valence-corrected chi connectivity index (χ3v) is 19.7. The van der Waals surface area contributed by atoms with Crippen molar-refractivity contribution in [3.63, 3.8) is 0 Å². The van der Waals surface area contributed by atoms with Gasteiger partial charge in [0.2, 0.25) is 17.5 Å². The standard InChI is InChI=1S/C23H34F2O.C22H26F2O.C22H20F2O.C20H18O4/c1-3-5-16-6-8-17(9-7-16)18-10-12-19(13-11-18)20-14-15-21(26-4-2)23(25)22(20)24;2*1-3-15-5-7-16(8-6-15)17-9-11-18(12-10-17)19-13-14-20(25-4-2)22(24)21(19)23;1-13(2)19(21)23-17-9-5-15(6-10-17)16-7-11-18(12-8-16)24-20(22)14(3)4/h14-19H,3-13H2,1-2H3;9-16H,3-8H2,1-2H3;5-14H,3-4H2,1-2H3;5-12H,1,3H2,2,4H3. The van der Waals surface area contributed by atoms with E-state index in [0.717, 1.165) is 65.2 Å². The quantitative estimate of drug-likeness (QED) is 0.0307. The summed E-state index contributed by atoms with van der Waals surface area (Å²) in [7, 11) is 0. The molecule has 100 heavy (non-hydrogen) atoms. The van der Waals surface area contributed by atoms with Crippen LogP contribution in [0.2, 0.25) is 0 Å². The molecule has 0 spiro atoms. The maximum Gasteiger partial charge on any atom is 0.338 e. The van der Waals surface area contributed by atoms with Gasteiger partial charge in [-0.25, -0.2) is 22.8 Å². The topological polar surface area (TPSA) is 80.3 Å². The Kier molecular flexibility index (Phi) is 29.3. The van der Waals surface area contributed by atoms with Gasteiger partial charge in [-0.1, -0.05) is 169 Å². The molecule has 0 atom stereocenters. The molecule has 8 aromatic carbocycles. The van der Waals surface area contributed by atoms with E-state index in [1.54, 1.807) is 95.3 Å². The fourth-order valence-electron chi connectivity index (χ4n) is 13.9. The molecule has 3 fully saturated rings. The molecule has 0 heterocycles. The molecular formula is C87H98F6O7. The van der Waals surface area contributed by atoms with Crippen LogP contribution in [-0.2, 0) is 16.0 Å². The molecule has 0 radical (unpaired) electrons. The zero-order valence-corrected chi connectivity index (χ0v) is 59.4. The average Bonchev–Trinajstić information content (AvgIpc) is 0.819. The van der Waals surface area contributed by atoms with E-state index in [2.05, 4.69) is 70.3 Å². The molecule has 3 aliphatic carbocycles. The van der Waals surface area contributed by atoms with E-state index in [9.17, 15) is 35.9 Å². The molecule has 0 aliphatic heterocycles. The van der Waals surface area contributed by atoms with Gasteiger partial charge in [-0.05, 0) is 245 Å². The number of carbonyl (C=O) groups is 2. The summed E-state index contributed by atoms with van der Waals surface area (Å²) in [6.45, 7) is 23.2. The molecule has 8 aromatic rings. The van der Waals surface area contributed by atoms with Crippen LogP contribution in [0.3, 0.4) is 0 Å². The van der Waals surface area contributed by atoms with Gasteiger partial charge in [0.15, 0.2) is 34.7 Å². The number of esters is 2. The van der Waals surface area contributed by atoms with Crippen molar-refractivity contribution in [1.29, 1.82) is 0 Å². The maximum absolute atomic E-state index is 14.5. The number of aryl methyl sites for hydroxylation is 1. The second-order valence-corrected chi connectivity index (χ2v) is 26.5. The molecule has 3 saturated carbocycles. The lowest BCUT2D eigenvalue weighted by Crippen LogP contribution is -2.25. The van der Waals surface area contributed by atoms with Crippen molar-refractivity contribution in [3.05, 3.63) is 234 Å². The summed E-state index contributed by atoms with van der Waals surface area (Å²) in [6.07, 6.45) is 19.9. The highest BCUT2D eigenvalue weighted by Gasteiger charge is 2.33. The van der Waals surface area contributed by atoms with Crippen LogP contribution < -0.4 is 23.7 Å². The van der Waals surface area contributed by atoms with Crippen molar-refractivity contribution in [2.75, 3.05) is 19.8 Å². The minimum atomic E-state index is -0.946. The lowest BCUT2D eigenvalue weighted by Gasteiger charge is -2.38. The molecule has 11 rings (SSSR count). The number of hydrogen-bond donors (Lipinski definition) is 0. The van der Waals surface area contributed by atoms with Crippen molar-refractivity contribution >= 4 is 11.9 Å². The van der Waals surface area contributed by atoms with Gasteiger partial charge in [0.05, 0.1) is 19.8 Å². The predicted octanol–water partition coefficient (Wildman–Crippen LogP) is 24.5. The van der Waals surface area contributed by atoms with Gasteiger partial charge in [-0.3, -0.25) is 0 Å². The Labute approximate surface area is 589 Å². The zero-order chi connectivity index (χ0) is 71.8. The number of halogens is 6. The molecule has 7 nitrogen and oxygen atoms in total. The Morgan fingerprint density at radius 2 is 0.730 bits per heavy atom. The number of benzene rings is 8. The lowest BCUT2D eigenvalue weighted by atomic mass is 9.68. The largest absolute Gasteiger partial charge is 0.491 e. The first-order valence-corrected chi connectivity index (χ1v) is 35.9. The number of hydrogen-bond acceptors (Lipinski definition) is 7. The lowest BCUT2D eigenvalue weighted by molar-refractivity contribution is -0.130. The van der Waals surface area contributed by atoms with Crippen LogP contribution in [0, 0.1) is 58.6 Å². The zero-order valence-electron chi connectivity index (χ0n) is 59.4. The minimum absolute atomic E-state index is 0.0336. The van der Waals surface area contributed by atoms with Gasteiger partial charge in [-0.2, -0.15) is 13.2 Å². The second kappa shape index (κ2) is 38.1. The summed E-state index contributed by atoms with van der Waals surface area (Å²) in [4.78, 5) is 22.9. The Morgan fingerprint density at radius 1 is 0.380 bits per heavy atom. The summed E-state index contributed by atoms with van der Waals surface area (Å²) >= 11 is 0. The third-order valence-electron chi connectivity index (χ3n) is 19.7. The minimum Gasteiger partial charge on any atom is -0.491 e. The van der Waals surface area contributed by atoms with Crippen LogP contribution in [0.5, 0.6) is 28.7 Å². The van der Waals surface area contributed by atoms with Crippen molar-refractivity contribution in [2.24, 2.45) is 23.7 Å². The van der Waals surface area contributed by atoms with E-state index in [4.69, 9.17) is 23.7 Å². The van der Waals surface area contributed by atoms with Crippen molar-refractivity contribution in [1.82, 2.24) is 0 Å². The van der Waals surface area contributed by atoms with Crippen LogP contribution in [0.1, 0.15) is 180 Å². The van der Waals surface area contributed by atoms with E-state index in [0.29, 0.717) is 65.1 Å². The van der Waals surface area contributed by atoms with Gasteiger partial charge < -0.3 is 23.7 Å². The van der Waals surface area contributed by atoms with Gasteiger partial charge in [-0.15, -0.1) is 0 Å². The molecule has 0 amide bonds. The first-order chi connectivity index (χ1) is 48.3. The van der Waals surface area contributed by atoms with Crippen molar-refractivity contribution < 1.29 is 59.6 Å². The van der Waals surface area contributed by atoms with Crippen LogP contribution in [0.4, 0.5) is 26.3 Å². The van der Waals surface area contributed by atoms with Crippen molar-refractivity contribution in [2.45, 2.75) is 170 Å². The van der Waals surface area contributed by atoms with Gasteiger partial charge in [0.1, 0.15) is 11.5 Å². The van der Waals surface area contributed by atoms with E-state index in [1.807, 2.05) is 48.5 Å². The molecule has 0 bridgehead atoms. The van der Waals surface area contributed by atoms with E-state index >= 15 is 0 Å². The van der Waals surface area contributed by atoms with Crippen LogP contribution in [-0.4, -0.2) is 31.8 Å². The summed E-state index contributed by atoms with van der Waals surface area (Å²) in [5, 5.41) is 0. The summed E-state index contributed by atoms with van der Waals surface area (Å²) in [5.41, 5.74) is 9.72.